The van der Waals surface area contributed by atoms with Crippen molar-refractivity contribution in [3.63, 3.8) is 0 Å². The average Bonchev–Trinajstić information content (AvgIpc) is 3.83. The van der Waals surface area contributed by atoms with Gasteiger partial charge in [0.2, 0.25) is 0 Å². The molecular formula is C33H61N3O20P4-2. The second-order valence-electron chi connectivity index (χ2n) is 14.5. The molecule has 1 aromatic rings. The van der Waals surface area contributed by atoms with Crippen molar-refractivity contribution in [2.45, 2.75) is 140 Å². The zero-order chi connectivity index (χ0) is 44.6. The van der Waals surface area contributed by atoms with E-state index in [2.05, 4.69) is 14.8 Å². The quantitative estimate of drug-likeness (QED) is 0.0774. The number of rotatable bonds is 32. The molecule has 27 heteroatoms. The van der Waals surface area contributed by atoms with E-state index in [1.165, 1.54) is 14.2 Å². The van der Waals surface area contributed by atoms with Gasteiger partial charge in [-0.3, -0.25) is 32.1 Å². The van der Waals surface area contributed by atoms with Crippen LogP contribution in [0.15, 0.2) is 6.20 Å². The molecule has 12 atom stereocenters. The van der Waals surface area contributed by atoms with Gasteiger partial charge in [-0.15, -0.1) is 5.10 Å². The van der Waals surface area contributed by atoms with Gasteiger partial charge in [-0.2, -0.15) is 0 Å². The minimum absolute atomic E-state index is 0.0842. The van der Waals surface area contributed by atoms with E-state index in [1.54, 1.807) is 24.7 Å². The Morgan fingerprint density at radius 3 is 1.90 bits per heavy atom. The number of aromatic nitrogens is 3. The molecule has 23 nitrogen and oxygen atoms in total. The van der Waals surface area contributed by atoms with Crippen LogP contribution in [0.25, 0.3) is 0 Å². The van der Waals surface area contributed by atoms with Gasteiger partial charge in [-0.25, -0.2) is 9.13 Å². The van der Waals surface area contributed by atoms with E-state index in [-0.39, 0.29) is 19.0 Å². The SMILES string of the molecule is CO[C@H]1C(OP(=O)([O-])OCCCCCCCC(=O)CCCn2cc(CCCCOP(=O)(O)OC[C@H]3O[C@@H](C)[C@@H](OC)C3OP(=O)(O)OC)nn2)[C@@H](COP(C)(=O)[O-])O[C@H]1C. The highest BCUT2D eigenvalue weighted by atomic mass is 31.2. The van der Waals surface area contributed by atoms with Gasteiger partial charge in [0.1, 0.15) is 50.0 Å². The number of nitrogens with zero attached hydrogens (tertiary/aromatic N) is 3. The van der Waals surface area contributed by atoms with E-state index in [9.17, 15) is 42.6 Å². The monoisotopic (exact) mass is 943 g/mol. The summed E-state index contributed by atoms with van der Waals surface area (Å²) < 4.78 is 107. The molecule has 0 aliphatic carbocycles. The minimum atomic E-state index is -4.77. The largest absolute Gasteiger partial charge is 0.779 e. The number of phosphoric ester groups is 3. The van der Waals surface area contributed by atoms with E-state index >= 15 is 0 Å². The third-order valence-electron chi connectivity index (χ3n) is 9.60. The molecule has 0 radical (unpaired) electrons. The van der Waals surface area contributed by atoms with Crippen molar-refractivity contribution in [2.75, 3.05) is 54.4 Å². The molecule has 60 heavy (non-hydrogen) atoms. The van der Waals surface area contributed by atoms with Crippen LogP contribution in [0.1, 0.15) is 83.7 Å². The van der Waals surface area contributed by atoms with Crippen molar-refractivity contribution in [2.24, 2.45) is 0 Å². The van der Waals surface area contributed by atoms with E-state index in [4.69, 9.17) is 46.1 Å². The normalized spacial score (nSPS) is 28.6. The number of methoxy groups -OCH3 is 2. The number of phosphoric acid groups is 3. The Labute approximate surface area is 350 Å². The van der Waals surface area contributed by atoms with Crippen molar-refractivity contribution in [1.29, 1.82) is 0 Å². The van der Waals surface area contributed by atoms with Gasteiger partial charge in [0, 0.05) is 53.6 Å². The molecule has 0 spiro atoms. The fourth-order valence-corrected chi connectivity index (χ4v) is 9.43. The second kappa shape index (κ2) is 25.6. The van der Waals surface area contributed by atoms with Gasteiger partial charge in [0.05, 0.1) is 44.3 Å². The predicted octanol–water partition coefficient (Wildman–Crippen LogP) is 3.23. The molecule has 1 aromatic heterocycles. The van der Waals surface area contributed by atoms with Crippen molar-refractivity contribution >= 4 is 36.8 Å². The second-order valence-corrected chi connectivity index (χ2v) is 20.6. The molecule has 0 aromatic carbocycles. The maximum absolute atomic E-state index is 12.5. The Morgan fingerprint density at radius 1 is 0.733 bits per heavy atom. The van der Waals surface area contributed by atoms with Crippen LogP contribution in [0, 0.1) is 0 Å². The summed E-state index contributed by atoms with van der Waals surface area (Å²) in [6.45, 7) is 3.62. The molecule has 2 aliphatic rings. The number of carbonyl (C=O) groups excluding carboxylic acids is 1. The van der Waals surface area contributed by atoms with Crippen molar-refractivity contribution in [3.05, 3.63) is 11.9 Å². The number of carbonyl (C=O) groups is 1. The van der Waals surface area contributed by atoms with Gasteiger partial charge in [-0.1, -0.05) is 24.5 Å². The zero-order valence-electron chi connectivity index (χ0n) is 34.9. The van der Waals surface area contributed by atoms with Gasteiger partial charge in [0.25, 0.3) is 7.82 Å². The Kier molecular flexibility index (Phi) is 22.8. The highest BCUT2D eigenvalue weighted by Crippen LogP contribution is 2.49. The van der Waals surface area contributed by atoms with Crippen molar-refractivity contribution < 1.29 is 93.2 Å². The lowest BCUT2D eigenvalue weighted by molar-refractivity contribution is -0.234. The highest BCUT2D eigenvalue weighted by molar-refractivity contribution is 7.50. The Hall–Kier alpha value is -0.870. The van der Waals surface area contributed by atoms with Crippen LogP contribution in [-0.4, -0.2) is 134 Å². The molecule has 3 rings (SSSR count). The third-order valence-corrected chi connectivity index (χ3v) is 13.2. The number of unbranched alkanes of at least 4 members (excludes halogenated alkanes) is 5. The number of aryl methyl sites for hydroxylation is 2. The lowest BCUT2D eigenvalue weighted by Gasteiger charge is -2.31. The summed E-state index contributed by atoms with van der Waals surface area (Å²) in [5, 5.41) is 8.24. The summed E-state index contributed by atoms with van der Waals surface area (Å²) in [6, 6.07) is 0. The molecule has 3 heterocycles. The Balaban J connectivity index is 1.21. The molecule has 6 unspecified atom stereocenters. The first kappa shape index (κ1) is 53.5. The Bertz CT molecular complexity index is 1630. The van der Waals surface area contributed by atoms with E-state index in [0.717, 1.165) is 26.6 Å². The predicted molar refractivity (Wildman–Crippen MR) is 207 cm³/mol. The highest BCUT2D eigenvalue weighted by Gasteiger charge is 2.48. The molecule has 0 amide bonds. The van der Waals surface area contributed by atoms with Gasteiger partial charge in [0.15, 0.2) is 0 Å². The van der Waals surface area contributed by atoms with Gasteiger partial charge >= 0.3 is 15.6 Å². The van der Waals surface area contributed by atoms with E-state index in [0.29, 0.717) is 70.0 Å². The molecule has 2 saturated heterocycles. The van der Waals surface area contributed by atoms with Crippen LogP contribution in [0.2, 0.25) is 0 Å². The topological polar surface area (TPSA) is 304 Å². The summed E-state index contributed by atoms with van der Waals surface area (Å²) in [5.41, 5.74) is 0.716. The molecule has 0 saturated carbocycles. The van der Waals surface area contributed by atoms with Crippen LogP contribution in [0.5, 0.6) is 0 Å². The zero-order valence-corrected chi connectivity index (χ0v) is 38.5. The average molecular weight is 944 g/mol. The minimum Gasteiger partial charge on any atom is -0.779 e. The first-order valence-electron chi connectivity index (χ1n) is 19.7. The smallest absolute Gasteiger partial charge is 0.472 e. The summed E-state index contributed by atoms with van der Waals surface area (Å²) >= 11 is 0. The number of hydrogen-bond donors (Lipinski definition) is 2. The Morgan fingerprint density at radius 2 is 1.28 bits per heavy atom. The summed E-state index contributed by atoms with van der Waals surface area (Å²) in [4.78, 5) is 56.2. The summed E-state index contributed by atoms with van der Waals surface area (Å²) in [7, 11) is -14.0. The van der Waals surface area contributed by atoms with Crippen molar-refractivity contribution in [3.8, 4) is 0 Å². The number of ketones is 1. The first-order chi connectivity index (χ1) is 28.2. The van der Waals surface area contributed by atoms with E-state index in [1.807, 2.05) is 0 Å². The van der Waals surface area contributed by atoms with Crippen LogP contribution in [-0.2, 0) is 86.6 Å². The summed E-state index contributed by atoms with van der Waals surface area (Å²) in [6.07, 6.45) is 1.19. The molecule has 350 valence electrons. The van der Waals surface area contributed by atoms with Crippen LogP contribution >= 0.6 is 31.1 Å². The third kappa shape index (κ3) is 19.5. The maximum Gasteiger partial charge on any atom is 0.472 e. The number of hydrogen-bond acceptors (Lipinski definition) is 20. The molecule has 2 N–H and O–H groups in total. The standard InChI is InChI=1S/C33H63N3O20P4/c1-24-30(46-3)32(55-58(40,41)48-5)29(54-24)23-52-59(42,43)49-20-13-11-15-26-21-36(35-34-26)18-14-17-27(37)16-10-8-7-9-12-19-50-60(44,45)56-33-28(22-51-57(6,38)39)53-25(2)31(33)47-4/h21,24-25,28-33H,7-20,22-23H2,1-6H3,(H,38,39)(H,40,41)(H,42,43)(H,44,45)/p-2/t24-,25-,28+,29+,30+,31+,32?,33?/m0/s1. The van der Waals surface area contributed by atoms with E-state index < -0.39 is 93.1 Å². The molecule has 0 bridgehead atoms. The lowest BCUT2D eigenvalue weighted by atomic mass is 10.1. The lowest BCUT2D eigenvalue weighted by Crippen LogP contribution is -2.38. The maximum atomic E-state index is 12.5. The fraction of sp³-hybridized carbons (Fsp3) is 0.909. The van der Waals surface area contributed by atoms with Gasteiger partial charge < -0.3 is 56.7 Å². The van der Waals surface area contributed by atoms with Crippen LogP contribution in [0.4, 0.5) is 0 Å². The fourth-order valence-electron chi connectivity index (χ4n) is 6.63. The van der Waals surface area contributed by atoms with Crippen LogP contribution < -0.4 is 9.79 Å². The first-order valence-corrected chi connectivity index (χ1v) is 26.1. The molecule has 2 aliphatic heterocycles. The van der Waals surface area contributed by atoms with Crippen molar-refractivity contribution in [1.82, 2.24) is 15.0 Å². The summed E-state index contributed by atoms with van der Waals surface area (Å²) in [5.74, 6) is 0.133. The number of Topliss-reactive ketones (excluding diaryl/α,β-unsaturated/α-hetero) is 1. The van der Waals surface area contributed by atoms with Gasteiger partial charge in [-0.05, 0) is 52.4 Å². The molecule has 2 fully saturated rings. The van der Waals surface area contributed by atoms with Crippen LogP contribution in [0.3, 0.4) is 0 Å². The number of ether oxygens (including phenoxy) is 4. The molecular weight excluding hydrogens is 882 g/mol.